The van der Waals surface area contributed by atoms with Gasteiger partial charge in [0.05, 0.1) is 11.0 Å². The number of halogens is 1. The number of nitrogens with two attached hydrogens (primary N) is 1. The Morgan fingerprint density at radius 2 is 2.16 bits per heavy atom. The van der Waals surface area contributed by atoms with Crippen molar-refractivity contribution in [1.29, 1.82) is 0 Å². The lowest BCUT2D eigenvalue weighted by Crippen LogP contribution is -2.36. The standard InChI is InChI=1S/C12H16ClN3O3/c1-7(2)5-9(14)12(17)15-10-6-8(13)3-4-11(10)16(18)19/h3-4,6-7,9H,5,14H2,1-2H3,(H,15,17)/t9-/m1/s1. The number of carbonyl (C=O) groups is 1. The van der Waals surface area contributed by atoms with Gasteiger partial charge in [0.1, 0.15) is 5.69 Å². The highest BCUT2D eigenvalue weighted by Crippen LogP contribution is 2.27. The highest BCUT2D eigenvalue weighted by molar-refractivity contribution is 6.31. The van der Waals surface area contributed by atoms with E-state index in [1.54, 1.807) is 0 Å². The van der Waals surface area contributed by atoms with Crippen LogP contribution in [0.15, 0.2) is 18.2 Å². The van der Waals surface area contributed by atoms with Crippen molar-refractivity contribution in [2.75, 3.05) is 5.32 Å². The van der Waals surface area contributed by atoms with Crippen LogP contribution in [-0.4, -0.2) is 16.9 Å². The number of nitrogens with one attached hydrogen (secondary N) is 1. The van der Waals surface area contributed by atoms with Crippen molar-refractivity contribution in [3.8, 4) is 0 Å². The predicted molar refractivity (Wildman–Crippen MR) is 74.2 cm³/mol. The monoisotopic (exact) mass is 285 g/mol. The summed E-state index contributed by atoms with van der Waals surface area (Å²) in [4.78, 5) is 22.1. The molecule has 0 aromatic heterocycles. The average Bonchev–Trinajstić information content (AvgIpc) is 2.27. The van der Waals surface area contributed by atoms with Crippen LogP contribution in [0.2, 0.25) is 5.02 Å². The zero-order chi connectivity index (χ0) is 14.6. The molecule has 0 unspecified atom stereocenters. The van der Waals surface area contributed by atoms with Gasteiger partial charge in [0.15, 0.2) is 0 Å². The molecule has 1 atom stereocenters. The number of rotatable bonds is 5. The van der Waals surface area contributed by atoms with Crippen molar-refractivity contribution in [1.82, 2.24) is 0 Å². The Labute approximate surface area is 116 Å². The first-order chi connectivity index (χ1) is 8.81. The smallest absolute Gasteiger partial charge is 0.292 e. The van der Waals surface area contributed by atoms with Crippen LogP contribution in [0.25, 0.3) is 0 Å². The number of carbonyl (C=O) groups excluding carboxylic acids is 1. The van der Waals surface area contributed by atoms with Crippen LogP contribution in [0.3, 0.4) is 0 Å². The SMILES string of the molecule is CC(C)C[C@@H](N)C(=O)Nc1cc(Cl)ccc1[N+](=O)[O-]. The van der Waals surface area contributed by atoms with Crippen LogP contribution in [0.1, 0.15) is 20.3 Å². The highest BCUT2D eigenvalue weighted by Gasteiger charge is 2.20. The Morgan fingerprint density at radius 3 is 2.68 bits per heavy atom. The molecular formula is C12H16ClN3O3. The molecule has 1 rings (SSSR count). The number of nitrogens with zero attached hydrogens (tertiary/aromatic N) is 1. The minimum atomic E-state index is -0.710. The Morgan fingerprint density at radius 1 is 1.53 bits per heavy atom. The minimum Gasteiger partial charge on any atom is -0.320 e. The summed E-state index contributed by atoms with van der Waals surface area (Å²) in [6, 6.07) is 3.26. The van der Waals surface area contributed by atoms with Crippen molar-refractivity contribution in [2.45, 2.75) is 26.3 Å². The van der Waals surface area contributed by atoms with Gasteiger partial charge in [-0.15, -0.1) is 0 Å². The van der Waals surface area contributed by atoms with E-state index in [0.717, 1.165) is 0 Å². The highest BCUT2D eigenvalue weighted by atomic mass is 35.5. The zero-order valence-corrected chi connectivity index (χ0v) is 11.5. The van der Waals surface area contributed by atoms with Crippen LogP contribution < -0.4 is 11.1 Å². The number of amides is 1. The van der Waals surface area contributed by atoms with E-state index in [2.05, 4.69) is 5.32 Å². The molecular weight excluding hydrogens is 270 g/mol. The van der Waals surface area contributed by atoms with Gasteiger partial charge in [0.2, 0.25) is 5.91 Å². The number of nitro benzene ring substituents is 1. The molecule has 0 radical (unpaired) electrons. The maximum atomic E-state index is 11.8. The van der Waals surface area contributed by atoms with Crippen molar-refractivity contribution < 1.29 is 9.72 Å². The molecule has 19 heavy (non-hydrogen) atoms. The van der Waals surface area contributed by atoms with E-state index in [1.807, 2.05) is 13.8 Å². The van der Waals surface area contributed by atoms with E-state index in [1.165, 1.54) is 18.2 Å². The zero-order valence-electron chi connectivity index (χ0n) is 10.7. The van der Waals surface area contributed by atoms with Gasteiger partial charge in [0, 0.05) is 11.1 Å². The van der Waals surface area contributed by atoms with E-state index in [9.17, 15) is 14.9 Å². The first-order valence-electron chi connectivity index (χ1n) is 5.81. The van der Waals surface area contributed by atoms with E-state index >= 15 is 0 Å². The lowest BCUT2D eigenvalue weighted by Gasteiger charge is -2.14. The molecule has 0 spiro atoms. The van der Waals surface area contributed by atoms with Gasteiger partial charge < -0.3 is 11.1 Å². The summed E-state index contributed by atoms with van der Waals surface area (Å²) in [6.45, 7) is 3.88. The summed E-state index contributed by atoms with van der Waals surface area (Å²) < 4.78 is 0. The lowest BCUT2D eigenvalue weighted by atomic mass is 10.0. The second-order valence-electron chi connectivity index (χ2n) is 4.64. The second-order valence-corrected chi connectivity index (χ2v) is 5.08. The fraction of sp³-hybridized carbons (Fsp3) is 0.417. The summed E-state index contributed by atoms with van der Waals surface area (Å²) in [5, 5.41) is 13.6. The summed E-state index contributed by atoms with van der Waals surface area (Å²) >= 11 is 5.76. The number of benzene rings is 1. The van der Waals surface area contributed by atoms with E-state index in [-0.39, 0.29) is 17.3 Å². The Balaban J connectivity index is 2.89. The molecule has 0 heterocycles. The van der Waals surface area contributed by atoms with E-state index in [4.69, 9.17) is 17.3 Å². The Kier molecular flexibility index (Phi) is 5.26. The van der Waals surface area contributed by atoms with Crippen LogP contribution in [0, 0.1) is 16.0 Å². The topological polar surface area (TPSA) is 98.3 Å². The summed E-state index contributed by atoms with van der Waals surface area (Å²) in [5.74, 6) is -0.200. The minimum absolute atomic E-state index is 0.0571. The third-order valence-corrected chi connectivity index (χ3v) is 2.71. The quantitative estimate of drug-likeness (QED) is 0.641. The van der Waals surface area contributed by atoms with Gasteiger partial charge in [-0.05, 0) is 24.5 Å². The fourth-order valence-corrected chi connectivity index (χ4v) is 1.78. The molecule has 0 bridgehead atoms. The van der Waals surface area contributed by atoms with Crippen LogP contribution in [0.4, 0.5) is 11.4 Å². The largest absolute Gasteiger partial charge is 0.320 e. The molecule has 0 aliphatic heterocycles. The van der Waals surface area contributed by atoms with Crippen LogP contribution in [0.5, 0.6) is 0 Å². The van der Waals surface area contributed by atoms with E-state index in [0.29, 0.717) is 11.4 Å². The van der Waals surface area contributed by atoms with Gasteiger partial charge in [-0.25, -0.2) is 0 Å². The third-order valence-electron chi connectivity index (χ3n) is 2.48. The molecule has 1 aromatic rings. The molecule has 1 aromatic carbocycles. The first kappa shape index (κ1) is 15.4. The van der Waals surface area contributed by atoms with Gasteiger partial charge in [0.25, 0.3) is 5.69 Å². The predicted octanol–water partition coefficient (Wildman–Crippen LogP) is 2.56. The number of nitro groups is 1. The molecule has 7 heteroatoms. The van der Waals surface area contributed by atoms with Crippen LogP contribution in [-0.2, 0) is 4.79 Å². The molecule has 3 N–H and O–H groups in total. The van der Waals surface area contributed by atoms with Crippen LogP contribution >= 0.6 is 11.6 Å². The van der Waals surface area contributed by atoms with Gasteiger partial charge in [-0.3, -0.25) is 14.9 Å². The Hall–Kier alpha value is -1.66. The van der Waals surface area contributed by atoms with Gasteiger partial charge in [-0.1, -0.05) is 25.4 Å². The number of anilines is 1. The third kappa shape index (κ3) is 4.50. The van der Waals surface area contributed by atoms with Crippen molar-refractivity contribution in [2.24, 2.45) is 11.7 Å². The fourth-order valence-electron chi connectivity index (χ4n) is 1.61. The molecule has 6 nitrogen and oxygen atoms in total. The van der Waals surface area contributed by atoms with Crippen molar-refractivity contribution >= 4 is 28.9 Å². The molecule has 0 saturated heterocycles. The summed E-state index contributed by atoms with van der Waals surface area (Å²) in [6.07, 6.45) is 0.500. The second kappa shape index (κ2) is 6.49. The molecule has 104 valence electrons. The van der Waals surface area contributed by atoms with Gasteiger partial charge >= 0.3 is 0 Å². The molecule has 0 aliphatic rings. The Bertz CT molecular complexity index is 491. The van der Waals surface area contributed by atoms with Crippen molar-refractivity contribution in [3.63, 3.8) is 0 Å². The summed E-state index contributed by atoms with van der Waals surface area (Å²) in [5.41, 5.74) is 5.56. The van der Waals surface area contributed by atoms with Gasteiger partial charge in [-0.2, -0.15) is 0 Å². The molecule has 0 saturated carbocycles. The maximum absolute atomic E-state index is 11.8. The average molecular weight is 286 g/mol. The number of hydrogen-bond donors (Lipinski definition) is 2. The molecule has 1 amide bonds. The summed E-state index contributed by atoms with van der Waals surface area (Å²) in [7, 11) is 0. The normalized spacial score (nSPS) is 12.3. The maximum Gasteiger partial charge on any atom is 0.292 e. The number of hydrogen-bond acceptors (Lipinski definition) is 4. The molecule has 0 fully saturated rings. The first-order valence-corrected chi connectivity index (χ1v) is 6.19. The van der Waals surface area contributed by atoms with Crippen molar-refractivity contribution in [3.05, 3.63) is 33.3 Å². The molecule has 0 aliphatic carbocycles. The van der Waals surface area contributed by atoms with E-state index < -0.39 is 16.9 Å². The lowest BCUT2D eigenvalue weighted by molar-refractivity contribution is -0.383.